The van der Waals surface area contributed by atoms with Gasteiger partial charge in [-0.05, 0) is 122 Å². The number of amides is 6. The maximum atomic E-state index is 14.4. The normalized spacial score (nSPS) is 18.1. The first-order valence-electron chi connectivity index (χ1n) is 28.4. The van der Waals surface area contributed by atoms with Crippen molar-refractivity contribution in [2.75, 3.05) is 38.2 Å². The molecule has 2 fully saturated rings. The minimum Gasteiger partial charge on any atom is -0.481 e. The molecule has 442 valence electrons. The second-order valence-electron chi connectivity index (χ2n) is 21.9. The standard InChI is InChI=1S/C61H72FN7O12S2/c1-68(35-37-11-17-41(18-12-37)55-45-23-27-64-58(76)46-32-44(62)33-48(66-55)54(45)46)52(72)25-29-83-82-28-24-51(71)65-34-36-9-15-40(16-10-36)50(70)21-19-43(31-38-13-14-39-6-2-3-7-42(39)30-38)57(75)63-26-5-4-8-49-56(60(79)80)69(49)61(81)67-47(59(77)78)20-22-53(73)74/h2-3,6-7,11-14,17-18,30,32-33,36,40,43,47,49,56,66H,4-5,8-10,15-16,19-29,31,34-35H2,1H3,(H,63,75)(H,64,76)(H,65,71)(H,67,81)(H,73,74)(H,77,78)(H,79,80)/t36?,40?,43-,47-,49-,56?,69?/m0/s1. The fourth-order valence-corrected chi connectivity index (χ4v) is 13.4. The number of aromatic amines is 1. The number of fused-ring (bicyclic) bond motifs is 1. The molecule has 1 saturated carbocycles. The number of aromatic nitrogens is 1. The van der Waals surface area contributed by atoms with E-state index in [1.165, 1.54) is 12.1 Å². The number of H-pyrrole nitrogens is 1. The smallest absolute Gasteiger partial charge is 0.328 e. The van der Waals surface area contributed by atoms with Crippen LogP contribution in [-0.4, -0.2) is 140 Å². The number of halogens is 1. The quantitative estimate of drug-likeness (QED) is 0.0122. The molecule has 19 nitrogen and oxygen atoms in total. The van der Waals surface area contributed by atoms with Crippen molar-refractivity contribution in [3.63, 3.8) is 0 Å². The van der Waals surface area contributed by atoms with E-state index in [1.807, 2.05) is 60.7 Å². The van der Waals surface area contributed by atoms with Gasteiger partial charge in [0.05, 0.1) is 11.6 Å². The van der Waals surface area contributed by atoms with Crippen LogP contribution in [0.5, 0.6) is 0 Å². The van der Waals surface area contributed by atoms with Gasteiger partial charge in [-0.25, -0.2) is 18.8 Å². The number of hydrogen-bond acceptors (Lipinski definition) is 11. The van der Waals surface area contributed by atoms with Gasteiger partial charge in [-0.15, -0.1) is 0 Å². The van der Waals surface area contributed by atoms with Crippen LogP contribution in [0.3, 0.4) is 0 Å². The van der Waals surface area contributed by atoms with Crippen LogP contribution in [0.1, 0.15) is 111 Å². The van der Waals surface area contributed by atoms with Crippen molar-refractivity contribution in [1.29, 1.82) is 0 Å². The molecule has 0 radical (unpaired) electrons. The minimum absolute atomic E-state index is 0.0100. The van der Waals surface area contributed by atoms with Crippen LogP contribution >= 0.6 is 21.6 Å². The van der Waals surface area contributed by atoms with E-state index in [1.54, 1.807) is 33.5 Å². The molecule has 4 aromatic carbocycles. The minimum atomic E-state index is -1.49. The van der Waals surface area contributed by atoms with E-state index in [2.05, 4.69) is 32.3 Å². The molecular formula is C61H72FN7O12S2. The number of benzene rings is 4. The van der Waals surface area contributed by atoms with Crippen LogP contribution in [0.4, 0.5) is 9.18 Å². The lowest BCUT2D eigenvalue weighted by Crippen LogP contribution is -2.44. The lowest BCUT2D eigenvalue weighted by molar-refractivity contribution is -0.141. The summed E-state index contributed by atoms with van der Waals surface area (Å²) >= 11 is 0. The number of nitrogens with zero attached hydrogens (tertiary/aromatic N) is 2. The maximum Gasteiger partial charge on any atom is 0.328 e. The van der Waals surface area contributed by atoms with Crippen LogP contribution in [-0.2, 0) is 52.9 Å². The van der Waals surface area contributed by atoms with E-state index < -0.39 is 60.2 Å². The fourth-order valence-electron chi connectivity index (χ4n) is 11.4. The summed E-state index contributed by atoms with van der Waals surface area (Å²) in [6.45, 7) is 1.70. The van der Waals surface area contributed by atoms with Gasteiger partial charge in [0.1, 0.15) is 17.6 Å². The number of hydrogen-bond donors (Lipinski definition) is 8. The molecule has 0 bridgehead atoms. The van der Waals surface area contributed by atoms with E-state index >= 15 is 0 Å². The zero-order valence-electron chi connectivity index (χ0n) is 46.4. The Labute approximate surface area is 488 Å². The second-order valence-corrected chi connectivity index (χ2v) is 24.6. The lowest BCUT2D eigenvalue weighted by Gasteiger charge is -2.28. The number of aliphatic carboxylic acids is 3. The van der Waals surface area contributed by atoms with Gasteiger partial charge in [0.25, 0.3) is 5.91 Å². The first-order valence-corrected chi connectivity index (χ1v) is 30.9. The number of carboxylic acids is 3. The van der Waals surface area contributed by atoms with Gasteiger partial charge in [0.2, 0.25) is 17.7 Å². The second kappa shape index (κ2) is 29.2. The van der Waals surface area contributed by atoms with Crippen molar-refractivity contribution in [1.82, 2.24) is 36.1 Å². The van der Waals surface area contributed by atoms with Crippen LogP contribution in [0.2, 0.25) is 0 Å². The number of carbonyl (C=O) groups excluding carboxylic acids is 6. The van der Waals surface area contributed by atoms with E-state index in [-0.39, 0.29) is 67.1 Å². The van der Waals surface area contributed by atoms with Crippen LogP contribution in [0.15, 0.2) is 78.9 Å². The number of ketones is 1. The first kappa shape index (κ1) is 61.6. The van der Waals surface area contributed by atoms with E-state index in [9.17, 15) is 57.8 Å². The Kier molecular flexibility index (Phi) is 21.7. The Morgan fingerprint density at radius 2 is 1.53 bits per heavy atom. The Morgan fingerprint density at radius 3 is 2.25 bits per heavy atom. The number of rotatable bonds is 30. The first-order chi connectivity index (χ1) is 39.9. The third-order valence-electron chi connectivity index (χ3n) is 16.0. The summed E-state index contributed by atoms with van der Waals surface area (Å²) in [7, 11) is 4.90. The number of carbonyl (C=O) groups is 9. The summed E-state index contributed by atoms with van der Waals surface area (Å²) in [5.74, 6) is -3.92. The summed E-state index contributed by atoms with van der Waals surface area (Å²) in [4.78, 5) is 119. The SMILES string of the molecule is CN(Cc1ccc(-c2[nH]c3cc(F)cc4c3c2CCNC4=O)cc1)C(=O)CCSSCCC(=O)NCC1CCC(C(=O)CC[C@@H](Cc2ccc3ccccc3c2)C(=O)NCCCC[C@H]2C(C(=O)O)N2C(=O)N[C@@H](CCC(=O)O)C(=O)O)CC1. The Balaban J connectivity index is 0.703. The molecule has 1 aromatic heterocycles. The number of urea groups is 1. The molecule has 5 aromatic rings. The van der Waals surface area contributed by atoms with E-state index in [0.29, 0.717) is 100 Å². The molecule has 1 saturated heterocycles. The number of Topliss-reactive ketones (excluding diaryl/α,β-unsaturated/α-hetero) is 1. The average molecular weight is 1180 g/mol. The number of nitrogens with one attached hydrogen (secondary N) is 5. The molecule has 1 unspecified atom stereocenters. The van der Waals surface area contributed by atoms with Crippen LogP contribution in [0.25, 0.3) is 32.9 Å². The molecule has 22 heteroatoms. The fraction of sp³-hybridized carbons (Fsp3) is 0.459. The van der Waals surface area contributed by atoms with Crippen LogP contribution in [0, 0.1) is 23.6 Å². The monoisotopic (exact) mass is 1180 g/mol. The maximum absolute atomic E-state index is 14.4. The summed E-state index contributed by atoms with van der Waals surface area (Å²) in [5.41, 5.74) is 5.55. The highest BCUT2D eigenvalue weighted by molar-refractivity contribution is 8.76. The topological polar surface area (TPSA) is 284 Å². The molecule has 6 amide bonds. The zero-order chi connectivity index (χ0) is 59.2. The van der Waals surface area contributed by atoms with Gasteiger partial charge in [-0.1, -0.05) is 88.3 Å². The Morgan fingerprint density at radius 1 is 0.807 bits per heavy atom. The highest BCUT2D eigenvalue weighted by Crippen LogP contribution is 2.37. The number of carboxylic acid groups (broad SMARTS) is 3. The Hall–Kier alpha value is -7.46. The van der Waals surface area contributed by atoms with E-state index in [4.69, 9.17) is 5.11 Å². The molecule has 1 aliphatic carbocycles. The largest absolute Gasteiger partial charge is 0.481 e. The van der Waals surface area contributed by atoms with Crippen molar-refractivity contribution in [3.05, 3.63) is 107 Å². The molecular weight excluding hydrogens is 1110 g/mol. The summed E-state index contributed by atoms with van der Waals surface area (Å²) in [5, 5.41) is 42.1. The van der Waals surface area contributed by atoms with Crippen molar-refractivity contribution in [2.45, 2.75) is 121 Å². The van der Waals surface area contributed by atoms with Crippen molar-refractivity contribution in [2.24, 2.45) is 17.8 Å². The molecule has 3 aliphatic rings. The van der Waals surface area contributed by atoms with Gasteiger partial charge < -0.3 is 51.4 Å². The zero-order valence-corrected chi connectivity index (χ0v) is 48.1. The predicted octanol–water partition coefficient (Wildman–Crippen LogP) is 8.12. The molecule has 2 aliphatic heterocycles. The van der Waals surface area contributed by atoms with Crippen LogP contribution < -0.4 is 21.3 Å². The lowest BCUT2D eigenvalue weighted by atomic mass is 9.78. The Bertz CT molecular complexity index is 3200. The van der Waals surface area contributed by atoms with Gasteiger partial charge in [-0.3, -0.25) is 28.8 Å². The highest BCUT2D eigenvalue weighted by Gasteiger charge is 2.55. The van der Waals surface area contributed by atoms with Gasteiger partial charge in [0, 0.05) is 98.8 Å². The number of unbranched alkanes of at least 4 members (excludes halogenated alkanes) is 1. The van der Waals surface area contributed by atoms with Gasteiger partial charge in [-0.2, -0.15) is 0 Å². The molecule has 83 heavy (non-hydrogen) atoms. The molecule has 8 rings (SSSR count). The molecule has 4 atom stereocenters. The third-order valence-corrected chi connectivity index (χ3v) is 18.4. The summed E-state index contributed by atoms with van der Waals surface area (Å²) in [6.07, 6.45) is 5.73. The average Bonchev–Trinajstić information content (AvgIpc) is 2.78. The van der Waals surface area contributed by atoms with Crippen molar-refractivity contribution in [3.8, 4) is 11.3 Å². The van der Waals surface area contributed by atoms with Gasteiger partial charge >= 0.3 is 23.9 Å². The predicted molar refractivity (Wildman–Crippen MR) is 315 cm³/mol. The molecule has 8 N–H and O–H groups in total. The summed E-state index contributed by atoms with van der Waals surface area (Å²) in [6, 6.07) is 20.3. The third kappa shape index (κ3) is 16.9. The summed E-state index contributed by atoms with van der Waals surface area (Å²) < 4.78 is 14.4. The van der Waals surface area contributed by atoms with E-state index in [0.717, 1.165) is 61.8 Å². The molecule has 0 spiro atoms. The van der Waals surface area contributed by atoms with Crippen molar-refractivity contribution >= 4 is 96.6 Å². The van der Waals surface area contributed by atoms with Gasteiger partial charge in [0.15, 0.2) is 6.04 Å². The van der Waals surface area contributed by atoms with Crippen molar-refractivity contribution < 1.29 is 62.9 Å². The highest BCUT2D eigenvalue weighted by atomic mass is 33.1. The molecule has 3 heterocycles.